The molecule has 0 aromatic heterocycles. The van der Waals surface area contributed by atoms with E-state index in [9.17, 15) is 0 Å². The molecule has 0 nitrogen and oxygen atoms in total. The van der Waals surface area contributed by atoms with Gasteiger partial charge in [0.1, 0.15) is 0 Å². The molecule has 10 heavy (non-hydrogen) atoms. The van der Waals surface area contributed by atoms with Crippen LogP contribution in [0.25, 0.3) is 0 Å². The molecule has 0 aliphatic carbocycles. The summed E-state index contributed by atoms with van der Waals surface area (Å²) in [5.41, 5.74) is 0. The van der Waals surface area contributed by atoms with Crippen LogP contribution in [0.3, 0.4) is 0 Å². The van der Waals surface area contributed by atoms with Gasteiger partial charge in [0.15, 0.2) is 0 Å². The summed E-state index contributed by atoms with van der Waals surface area (Å²) in [6.45, 7) is 4.49. The fourth-order valence-electron chi connectivity index (χ4n) is 0.677. The Hall–Kier alpha value is 1.46. The Labute approximate surface area is 96.5 Å². The summed E-state index contributed by atoms with van der Waals surface area (Å²) in [5.74, 6) is 0. The second-order valence-corrected chi connectivity index (χ2v) is 2.06. The topological polar surface area (TPSA) is 0 Å². The number of hydrogen-bond donors (Lipinski definition) is 0. The van der Waals surface area contributed by atoms with Crippen molar-refractivity contribution in [2.45, 2.75) is 46.0 Å². The van der Waals surface area contributed by atoms with Gasteiger partial charge in [-0.1, -0.05) is 46.0 Å². The van der Waals surface area contributed by atoms with Crippen molar-refractivity contribution >= 4 is 24.8 Å². The van der Waals surface area contributed by atoms with E-state index >= 15 is 0 Å². The minimum atomic E-state index is 0. The summed E-state index contributed by atoms with van der Waals surface area (Å²) in [5, 5.41) is 0. The van der Waals surface area contributed by atoms with Crippen LogP contribution in [0.4, 0.5) is 0 Å². The monoisotopic (exact) mass is 262 g/mol. The molecular weight excluding hydrogens is 246 g/mol. The number of hydrogen-bond acceptors (Lipinski definition) is 0. The first-order valence-corrected chi connectivity index (χ1v) is 3.41. The van der Waals surface area contributed by atoms with Crippen LogP contribution in [0, 0.1) is 0 Å². The van der Waals surface area contributed by atoms with Crippen LogP contribution in [0.15, 0.2) is 0 Å². The smallest absolute Gasteiger partial charge is 0 e. The first-order valence-electron chi connectivity index (χ1n) is 3.41. The molecule has 0 rings (SSSR count). The van der Waals surface area contributed by atoms with E-state index in [-0.39, 0.29) is 51.0 Å². The van der Waals surface area contributed by atoms with Crippen molar-refractivity contribution in [1.29, 1.82) is 0 Å². The summed E-state index contributed by atoms with van der Waals surface area (Å²) in [7, 11) is 0. The summed E-state index contributed by atoms with van der Waals surface area (Å²) >= 11 is 0. The molecule has 0 fully saturated rings. The molecule has 0 heterocycles. The molecule has 0 radical (unpaired) electrons. The maximum atomic E-state index is 2.25. The Morgan fingerprint density at radius 2 is 1.00 bits per heavy atom. The van der Waals surface area contributed by atoms with Crippen molar-refractivity contribution in [2.75, 3.05) is 0 Å². The van der Waals surface area contributed by atoms with Crippen molar-refractivity contribution in [3.05, 3.63) is 0 Å². The number of halogens is 2. The Morgan fingerprint density at radius 3 is 1.20 bits per heavy atom. The molecule has 0 saturated heterocycles. The van der Waals surface area contributed by atoms with Crippen LogP contribution in [-0.4, -0.2) is 0 Å². The average molecular weight is 264 g/mol. The largest absolute Gasteiger partial charge is 0.147 e. The van der Waals surface area contributed by atoms with E-state index < -0.39 is 0 Å². The minimum absolute atomic E-state index is 0. The molecular formula is C7H18Cl2Zr. The van der Waals surface area contributed by atoms with E-state index in [1.807, 2.05) is 0 Å². The predicted molar refractivity (Wildman–Crippen MR) is 48.9 cm³/mol. The molecule has 0 atom stereocenters. The van der Waals surface area contributed by atoms with Gasteiger partial charge >= 0.3 is 0 Å². The summed E-state index contributed by atoms with van der Waals surface area (Å²) < 4.78 is 0. The molecule has 0 N–H and O–H groups in total. The van der Waals surface area contributed by atoms with E-state index in [4.69, 9.17) is 0 Å². The molecule has 64 valence electrons. The van der Waals surface area contributed by atoms with Gasteiger partial charge in [0, 0.05) is 26.2 Å². The first-order chi connectivity index (χ1) is 3.41. The number of unbranched alkanes of at least 4 members (excludes halogenated alkanes) is 4. The van der Waals surface area contributed by atoms with Gasteiger partial charge in [-0.05, 0) is 0 Å². The Bertz CT molecular complexity index is 30.8. The van der Waals surface area contributed by atoms with Crippen LogP contribution >= 0.6 is 24.8 Å². The van der Waals surface area contributed by atoms with Gasteiger partial charge in [0.25, 0.3) is 0 Å². The molecule has 3 heteroatoms. The van der Waals surface area contributed by atoms with Gasteiger partial charge in [0.2, 0.25) is 0 Å². The van der Waals surface area contributed by atoms with E-state index in [0.29, 0.717) is 0 Å². The minimum Gasteiger partial charge on any atom is -0.147 e. The fourth-order valence-corrected chi connectivity index (χ4v) is 0.677. The van der Waals surface area contributed by atoms with Crippen molar-refractivity contribution in [1.82, 2.24) is 0 Å². The van der Waals surface area contributed by atoms with Gasteiger partial charge in [-0.15, -0.1) is 24.8 Å². The molecule has 0 aromatic carbocycles. The normalized spacial score (nSPS) is 6.60. The molecule has 0 aliphatic rings. The predicted octanol–water partition coefficient (Wildman–Crippen LogP) is 3.82. The third-order valence-corrected chi connectivity index (χ3v) is 1.21. The van der Waals surface area contributed by atoms with Gasteiger partial charge in [-0.25, -0.2) is 0 Å². The molecule has 0 unspecified atom stereocenters. The van der Waals surface area contributed by atoms with Crippen molar-refractivity contribution in [2.24, 2.45) is 0 Å². The first kappa shape index (κ1) is 22.5. The third kappa shape index (κ3) is 22.7. The van der Waals surface area contributed by atoms with Gasteiger partial charge < -0.3 is 0 Å². The fraction of sp³-hybridized carbons (Fsp3) is 1.00. The average Bonchev–Trinajstić information content (AvgIpc) is 1.69. The van der Waals surface area contributed by atoms with Crippen molar-refractivity contribution in [3.63, 3.8) is 0 Å². The van der Waals surface area contributed by atoms with E-state index in [0.717, 1.165) is 0 Å². The van der Waals surface area contributed by atoms with Crippen LogP contribution in [0.5, 0.6) is 0 Å². The zero-order valence-electron chi connectivity index (χ0n) is 6.85. The van der Waals surface area contributed by atoms with E-state index in [2.05, 4.69) is 13.8 Å². The second kappa shape index (κ2) is 22.4. The van der Waals surface area contributed by atoms with Crippen LogP contribution < -0.4 is 0 Å². The summed E-state index contributed by atoms with van der Waals surface area (Å²) in [6.07, 6.45) is 7.01. The molecule has 0 aliphatic heterocycles. The molecule has 0 bridgehead atoms. The van der Waals surface area contributed by atoms with Crippen LogP contribution in [0.1, 0.15) is 46.0 Å². The second-order valence-electron chi connectivity index (χ2n) is 2.06. The summed E-state index contributed by atoms with van der Waals surface area (Å²) in [6, 6.07) is 0. The molecule has 0 aromatic rings. The Balaban J connectivity index is -0.0000000600. The molecule has 0 amide bonds. The van der Waals surface area contributed by atoms with Gasteiger partial charge in [-0.3, -0.25) is 0 Å². The number of rotatable bonds is 4. The standard InChI is InChI=1S/C7H16.2ClH.Zr/c1-3-5-7-6-4-2;;;/h3-7H2,1-2H3;2*1H;. The van der Waals surface area contributed by atoms with Crippen molar-refractivity contribution in [3.8, 4) is 0 Å². The quantitative estimate of drug-likeness (QED) is 0.677. The zero-order chi connectivity index (χ0) is 5.54. The summed E-state index contributed by atoms with van der Waals surface area (Å²) in [4.78, 5) is 0. The maximum Gasteiger partial charge on any atom is 0 e. The van der Waals surface area contributed by atoms with Crippen LogP contribution in [-0.2, 0) is 26.2 Å². The van der Waals surface area contributed by atoms with E-state index in [1.54, 1.807) is 0 Å². The third-order valence-electron chi connectivity index (χ3n) is 1.21. The maximum absolute atomic E-state index is 2.25. The van der Waals surface area contributed by atoms with Gasteiger partial charge in [-0.2, -0.15) is 0 Å². The van der Waals surface area contributed by atoms with Crippen LogP contribution in [0.2, 0.25) is 0 Å². The molecule has 0 spiro atoms. The van der Waals surface area contributed by atoms with E-state index in [1.165, 1.54) is 32.1 Å². The Kier molecular flexibility index (Phi) is 50.5. The Morgan fingerprint density at radius 1 is 0.700 bits per heavy atom. The zero-order valence-corrected chi connectivity index (χ0v) is 10.9. The van der Waals surface area contributed by atoms with Gasteiger partial charge in [0.05, 0.1) is 0 Å². The molecule has 0 saturated carbocycles. The van der Waals surface area contributed by atoms with Crippen molar-refractivity contribution < 1.29 is 26.2 Å². The SMILES string of the molecule is CCCCCCC.Cl.Cl.[Zr].